The Bertz CT molecular complexity index is 180. The fourth-order valence-electron chi connectivity index (χ4n) is 1.56. The van der Waals surface area contributed by atoms with Gasteiger partial charge in [0.1, 0.15) is 0 Å². The Balaban J connectivity index is 2.41. The van der Waals surface area contributed by atoms with E-state index in [0.29, 0.717) is 0 Å². The first-order chi connectivity index (χ1) is 6.19. The van der Waals surface area contributed by atoms with Gasteiger partial charge in [0.05, 0.1) is 12.6 Å². The first kappa shape index (κ1) is 10.5. The van der Waals surface area contributed by atoms with E-state index in [0.717, 1.165) is 19.4 Å². The molecule has 1 amide bonds. The highest BCUT2D eigenvalue weighted by atomic mass is 16.3. The highest BCUT2D eigenvalue weighted by Gasteiger charge is 2.29. The van der Waals surface area contributed by atoms with Gasteiger partial charge in [-0.3, -0.25) is 4.79 Å². The van der Waals surface area contributed by atoms with Gasteiger partial charge in [0.15, 0.2) is 0 Å². The molecule has 1 aliphatic heterocycles. The number of likely N-dealkylation sites (tertiary alicyclic amines) is 1. The monoisotopic (exact) mass is 186 g/mol. The molecule has 1 aliphatic rings. The zero-order valence-electron chi connectivity index (χ0n) is 8.29. The number of likely N-dealkylation sites (N-methyl/N-ethyl adjacent to an activating group) is 1. The molecule has 0 aromatic carbocycles. The van der Waals surface area contributed by atoms with Gasteiger partial charge in [-0.25, -0.2) is 0 Å². The van der Waals surface area contributed by atoms with Crippen molar-refractivity contribution in [2.45, 2.75) is 31.8 Å². The Morgan fingerprint density at radius 1 is 1.77 bits per heavy atom. The average molecular weight is 186 g/mol. The fraction of sp³-hybridized carbons (Fsp3) is 0.889. The van der Waals surface area contributed by atoms with Gasteiger partial charge in [-0.05, 0) is 12.8 Å². The molecule has 0 aromatic rings. The van der Waals surface area contributed by atoms with Gasteiger partial charge in [-0.1, -0.05) is 6.92 Å². The van der Waals surface area contributed by atoms with Crippen molar-refractivity contribution in [3.8, 4) is 0 Å². The van der Waals surface area contributed by atoms with Crippen molar-refractivity contribution in [2.24, 2.45) is 0 Å². The van der Waals surface area contributed by atoms with E-state index in [9.17, 15) is 4.79 Å². The molecular weight excluding hydrogens is 168 g/mol. The number of carbonyl (C=O) groups excluding carboxylic acids is 1. The van der Waals surface area contributed by atoms with E-state index in [2.05, 4.69) is 5.32 Å². The van der Waals surface area contributed by atoms with Gasteiger partial charge in [-0.15, -0.1) is 0 Å². The molecule has 0 radical (unpaired) electrons. The van der Waals surface area contributed by atoms with Crippen LogP contribution in [0.15, 0.2) is 0 Å². The molecule has 2 atom stereocenters. The summed E-state index contributed by atoms with van der Waals surface area (Å²) in [6, 6.07) is -0.0254. The SMILES string of the molecule is CCC(CO)NC1CCN(C)C1=O. The Morgan fingerprint density at radius 3 is 2.85 bits per heavy atom. The van der Waals surface area contributed by atoms with Crippen LogP contribution in [-0.2, 0) is 4.79 Å². The molecule has 1 saturated heterocycles. The minimum Gasteiger partial charge on any atom is -0.395 e. The van der Waals surface area contributed by atoms with Crippen LogP contribution in [0.4, 0.5) is 0 Å². The Labute approximate surface area is 78.9 Å². The first-order valence-corrected chi connectivity index (χ1v) is 4.81. The van der Waals surface area contributed by atoms with Crippen LogP contribution in [0.3, 0.4) is 0 Å². The third-order valence-electron chi connectivity index (χ3n) is 2.58. The molecule has 1 heterocycles. The van der Waals surface area contributed by atoms with Crippen LogP contribution < -0.4 is 5.32 Å². The number of nitrogens with zero attached hydrogens (tertiary/aromatic N) is 1. The molecule has 76 valence electrons. The van der Waals surface area contributed by atoms with E-state index in [1.54, 1.807) is 4.90 Å². The van der Waals surface area contributed by atoms with Crippen molar-refractivity contribution in [1.82, 2.24) is 10.2 Å². The maximum atomic E-state index is 11.5. The molecule has 0 spiro atoms. The maximum Gasteiger partial charge on any atom is 0.239 e. The van der Waals surface area contributed by atoms with Crippen LogP contribution in [0.1, 0.15) is 19.8 Å². The second-order valence-corrected chi connectivity index (χ2v) is 3.56. The van der Waals surface area contributed by atoms with E-state index in [4.69, 9.17) is 5.11 Å². The van der Waals surface area contributed by atoms with Crippen LogP contribution in [0, 0.1) is 0 Å². The lowest BCUT2D eigenvalue weighted by atomic mass is 10.2. The number of carbonyl (C=O) groups is 1. The molecule has 4 nitrogen and oxygen atoms in total. The summed E-state index contributed by atoms with van der Waals surface area (Å²) < 4.78 is 0. The summed E-state index contributed by atoms with van der Waals surface area (Å²) in [4.78, 5) is 13.2. The molecule has 4 heteroatoms. The summed E-state index contributed by atoms with van der Waals surface area (Å²) in [5, 5.41) is 12.1. The van der Waals surface area contributed by atoms with Crippen LogP contribution in [0.5, 0.6) is 0 Å². The summed E-state index contributed by atoms with van der Waals surface area (Å²) in [6.07, 6.45) is 1.70. The molecule has 0 saturated carbocycles. The lowest BCUT2D eigenvalue weighted by molar-refractivity contribution is -0.128. The number of hydrogen-bond acceptors (Lipinski definition) is 3. The van der Waals surface area contributed by atoms with E-state index in [1.165, 1.54) is 0 Å². The highest BCUT2D eigenvalue weighted by molar-refractivity contribution is 5.83. The van der Waals surface area contributed by atoms with Gasteiger partial charge in [0.25, 0.3) is 0 Å². The average Bonchev–Trinajstić information content (AvgIpc) is 2.45. The van der Waals surface area contributed by atoms with Crippen LogP contribution >= 0.6 is 0 Å². The van der Waals surface area contributed by atoms with Gasteiger partial charge in [-0.2, -0.15) is 0 Å². The molecular formula is C9H18N2O2. The van der Waals surface area contributed by atoms with Crippen molar-refractivity contribution < 1.29 is 9.90 Å². The van der Waals surface area contributed by atoms with Crippen molar-refractivity contribution in [3.63, 3.8) is 0 Å². The number of amides is 1. The topological polar surface area (TPSA) is 52.6 Å². The normalized spacial score (nSPS) is 25.3. The largest absolute Gasteiger partial charge is 0.395 e. The van der Waals surface area contributed by atoms with Crippen molar-refractivity contribution >= 4 is 5.91 Å². The van der Waals surface area contributed by atoms with Crippen LogP contribution in [-0.4, -0.2) is 48.2 Å². The number of rotatable bonds is 4. The molecule has 13 heavy (non-hydrogen) atoms. The van der Waals surface area contributed by atoms with Crippen molar-refractivity contribution in [1.29, 1.82) is 0 Å². The number of aliphatic hydroxyl groups is 1. The summed E-state index contributed by atoms with van der Waals surface area (Å²) in [5.74, 6) is 0.145. The van der Waals surface area contributed by atoms with E-state index in [-0.39, 0.29) is 24.6 Å². The number of aliphatic hydroxyl groups excluding tert-OH is 1. The van der Waals surface area contributed by atoms with E-state index < -0.39 is 0 Å². The van der Waals surface area contributed by atoms with Gasteiger partial charge in [0.2, 0.25) is 5.91 Å². The predicted octanol–water partition coefficient (Wildman–Crippen LogP) is -0.422. The molecule has 0 bridgehead atoms. The standard InChI is InChI=1S/C9H18N2O2/c1-3-7(6-12)10-8-4-5-11(2)9(8)13/h7-8,10,12H,3-6H2,1-2H3. The van der Waals surface area contributed by atoms with Crippen LogP contribution in [0.25, 0.3) is 0 Å². The second kappa shape index (κ2) is 4.58. The van der Waals surface area contributed by atoms with E-state index in [1.807, 2.05) is 14.0 Å². The molecule has 2 unspecified atom stereocenters. The lowest BCUT2D eigenvalue weighted by Crippen LogP contribution is -2.44. The highest BCUT2D eigenvalue weighted by Crippen LogP contribution is 2.09. The molecule has 1 rings (SSSR count). The van der Waals surface area contributed by atoms with Crippen LogP contribution in [0.2, 0.25) is 0 Å². The van der Waals surface area contributed by atoms with Gasteiger partial charge >= 0.3 is 0 Å². The zero-order valence-corrected chi connectivity index (χ0v) is 8.29. The number of nitrogens with one attached hydrogen (secondary N) is 1. The second-order valence-electron chi connectivity index (χ2n) is 3.56. The Kier molecular flexibility index (Phi) is 3.69. The summed E-state index contributed by atoms with van der Waals surface area (Å²) >= 11 is 0. The minimum absolute atomic E-state index is 0.0560. The zero-order chi connectivity index (χ0) is 9.84. The Hall–Kier alpha value is -0.610. The summed E-state index contributed by atoms with van der Waals surface area (Å²) in [5.41, 5.74) is 0. The third kappa shape index (κ3) is 2.42. The lowest BCUT2D eigenvalue weighted by Gasteiger charge is -2.18. The minimum atomic E-state index is -0.0814. The fourth-order valence-corrected chi connectivity index (χ4v) is 1.56. The Morgan fingerprint density at radius 2 is 2.46 bits per heavy atom. The summed E-state index contributed by atoms with van der Waals surface area (Å²) in [6.45, 7) is 2.92. The molecule has 2 N–H and O–H groups in total. The smallest absolute Gasteiger partial charge is 0.239 e. The van der Waals surface area contributed by atoms with Crippen molar-refractivity contribution in [2.75, 3.05) is 20.2 Å². The molecule has 0 aliphatic carbocycles. The number of hydrogen-bond donors (Lipinski definition) is 2. The van der Waals surface area contributed by atoms with Crippen molar-refractivity contribution in [3.05, 3.63) is 0 Å². The maximum absolute atomic E-state index is 11.5. The predicted molar refractivity (Wildman–Crippen MR) is 50.3 cm³/mol. The summed E-state index contributed by atoms with van der Waals surface area (Å²) in [7, 11) is 1.81. The quantitative estimate of drug-likeness (QED) is 0.627. The van der Waals surface area contributed by atoms with Gasteiger partial charge < -0.3 is 15.3 Å². The third-order valence-corrected chi connectivity index (χ3v) is 2.58. The molecule has 0 aromatic heterocycles. The first-order valence-electron chi connectivity index (χ1n) is 4.81. The molecule has 1 fully saturated rings. The van der Waals surface area contributed by atoms with E-state index >= 15 is 0 Å². The van der Waals surface area contributed by atoms with Gasteiger partial charge in [0, 0.05) is 19.6 Å².